The highest BCUT2D eigenvalue weighted by atomic mass is 35.5. The number of halogens is 1. The molecule has 0 saturated carbocycles. The standard InChI is InChI=1S/C15H17ClN2O4/c16-12-3-1-11(2-4-12)15(21)22-9-13(19)18-7-5-10(6-8-18)14(17)20/h1-4,10H,5-9H2,(H2,17,20). The number of nitrogens with two attached hydrogens (primary N) is 1. The van der Waals surface area contributed by atoms with E-state index in [0.29, 0.717) is 36.5 Å². The van der Waals surface area contributed by atoms with Gasteiger partial charge in [0.1, 0.15) is 0 Å². The second kappa shape index (κ2) is 7.26. The Kier molecular flexibility index (Phi) is 5.38. The molecule has 0 atom stereocenters. The van der Waals surface area contributed by atoms with Gasteiger partial charge in [-0.2, -0.15) is 0 Å². The molecule has 0 aliphatic carbocycles. The van der Waals surface area contributed by atoms with Crippen molar-refractivity contribution in [2.24, 2.45) is 11.7 Å². The third-order valence-corrected chi connectivity index (χ3v) is 3.91. The molecule has 0 bridgehead atoms. The second-order valence-corrected chi connectivity index (χ2v) is 5.58. The first-order valence-electron chi connectivity index (χ1n) is 6.97. The fraction of sp³-hybridized carbons (Fsp3) is 0.400. The highest BCUT2D eigenvalue weighted by Gasteiger charge is 2.26. The molecule has 1 aromatic rings. The molecule has 1 fully saturated rings. The number of ether oxygens (including phenoxy) is 1. The minimum Gasteiger partial charge on any atom is -0.452 e. The van der Waals surface area contributed by atoms with E-state index in [9.17, 15) is 14.4 Å². The van der Waals surface area contributed by atoms with Crippen molar-refractivity contribution < 1.29 is 19.1 Å². The van der Waals surface area contributed by atoms with Gasteiger partial charge < -0.3 is 15.4 Å². The number of carbonyl (C=O) groups is 3. The Morgan fingerprint density at radius 2 is 1.77 bits per heavy atom. The summed E-state index contributed by atoms with van der Waals surface area (Å²) in [7, 11) is 0. The highest BCUT2D eigenvalue weighted by molar-refractivity contribution is 6.30. The van der Waals surface area contributed by atoms with E-state index < -0.39 is 5.97 Å². The fourth-order valence-electron chi connectivity index (χ4n) is 2.30. The molecule has 0 spiro atoms. The number of nitrogens with zero attached hydrogens (tertiary/aromatic N) is 1. The number of carbonyl (C=O) groups excluding carboxylic acids is 3. The van der Waals surface area contributed by atoms with E-state index >= 15 is 0 Å². The van der Waals surface area contributed by atoms with Crippen LogP contribution in [0.25, 0.3) is 0 Å². The van der Waals surface area contributed by atoms with Gasteiger partial charge in [0.2, 0.25) is 5.91 Å². The van der Waals surface area contributed by atoms with Crippen LogP contribution in [0, 0.1) is 5.92 Å². The minimum atomic E-state index is -0.572. The first-order valence-corrected chi connectivity index (χ1v) is 7.35. The first-order chi connectivity index (χ1) is 10.5. The molecule has 118 valence electrons. The molecule has 1 aliphatic heterocycles. The lowest BCUT2D eigenvalue weighted by molar-refractivity contribution is -0.137. The van der Waals surface area contributed by atoms with Gasteiger partial charge in [0.25, 0.3) is 5.91 Å². The smallest absolute Gasteiger partial charge is 0.338 e. The van der Waals surface area contributed by atoms with Crippen LogP contribution in [0.3, 0.4) is 0 Å². The van der Waals surface area contributed by atoms with Gasteiger partial charge in [-0.15, -0.1) is 0 Å². The number of esters is 1. The zero-order chi connectivity index (χ0) is 16.1. The number of benzene rings is 1. The van der Waals surface area contributed by atoms with Crippen molar-refractivity contribution >= 4 is 29.4 Å². The Hall–Kier alpha value is -2.08. The Balaban J connectivity index is 1.79. The number of hydrogen-bond donors (Lipinski definition) is 1. The van der Waals surface area contributed by atoms with Crippen molar-refractivity contribution in [3.8, 4) is 0 Å². The van der Waals surface area contributed by atoms with E-state index in [2.05, 4.69) is 0 Å². The summed E-state index contributed by atoms with van der Waals surface area (Å²) in [5, 5.41) is 0.518. The Morgan fingerprint density at radius 1 is 1.18 bits per heavy atom. The number of primary amides is 1. The van der Waals surface area contributed by atoms with Crippen LogP contribution in [-0.4, -0.2) is 42.4 Å². The fourth-order valence-corrected chi connectivity index (χ4v) is 2.43. The summed E-state index contributed by atoms with van der Waals surface area (Å²) in [6, 6.07) is 6.23. The zero-order valence-electron chi connectivity index (χ0n) is 12.0. The van der Waals surface area contributed by atoms with Gasteiger partial charge in [-0.05, 0) is 37.1 Å². The third kappa shape index (κ3) is 4.21. The SMILES string of the molecule is NC(=O)C1CCN(C(=O)COC(=O)c2ccc(Cl)cc2)CC1. The summed E-state index contributed by atoms with van der Waals surface area (Å²) >= 11 is 5.73. The monoisotopic (exact) mass is 324 g/mol. The molecule has 6 nitrogen and oxygen atoms in total. The second-order valence-electron chi connectivity index (χ2n) is 5.14. The van der Waals surface area contributed by atoms with Crippen molar-refractivity contribution in [3.05, 3.63) is 34.9 Å². The van der Waals surface area contributed by atoms with Gasteiger partial charge in [-0.25, -0.2) is 4.79 Å². The number of likely N-dealkylation sites (tertiary alicyclic amines) is 1. The average molecular weight is 325 g/mol. The van der Waals surface area contributed by atoms with Gasteiger partial charge in [-0.1, -0.05) is 11.6 Å². The molecule has 1 heterocycles. The van der Waals surface area contributed by atoms with Crippen molar-refractivity contribution in [2.75, 3.05) is 19.7 Å². The van der Waals surface area contributed by atoms with Gasteiger partial charge in [0.15, 0.2) is 6.61 Å². The maximum atomic E-state index is 12.0. The summed E-state index contributed by atoms with van der Waals surface area (Å²) in [5.74, 6) is -1.36. The molecule has 2 N–H and O–H groups in total. The van der Waals surface area contributed by atoms with Crippen LogP contribution in [0.2, 0.25) is 5.02 Å². The van der Waals surface area contributed by atoms with Crippen molar-refractivity contribution in [1.29, 1.82) is 0 Å². The Labute approximate surface area is 133 Å². The number of hydrogen-bond acceptors (Lipinski definition) is 4. The molecule has 1 aliphatic rings. The first kappa shape index (κ1) is 16.3. The van der Waals surface area contributed by atoms with Crippen LogP contribution < -0.4 is 5.73 Å². The summed E-state index contributed by atoms with van der Waals surface area (Å²) < 4.78 is 4.99. The molecule has 7 heteroatoms. The van der Waals surface area contributed by atoms with Crippen LogP contribution >= 0.6 is 11.6 Å². The molecule has 0 unspecified atom stereocenters. The summed E-state index contributed by atoms with van der Waals surface area (Å²) in [5.41, 5.74) is 5.58. The summed E-state index contributed by atoms with van der Waals surface area (Å²) in [4.78, 5) is 36.4. The normalized spacial score (nSPS) is 15.4. The van der Waals surface area contributed by atoms with Gasteiger partial charge >= 0.3 is 5.97 Å². The van der Waals surface area contributed by atoms with E-state index in [1.54, 1.807) is 17.0 Å². The lowest BCUT2D eigenvalue weighted by Gasteiger charge is -2.30. The summed E-state index contributed by atoms with van der Waals surface area (Å²) in [6.07, 6.45) is 1.10. The predicted molar refractivity (Wildman–Crippen MR) is 80.2 cm³/mol. The molecular weight excluding hydrogens is 308 g/mol. The quantitative estimate of drug-likeness (QED) is 0.843. The topological polar surface area (TPSA) is 89.7 Å². The Morgan fingerprint density at radius 3 is 2.32 bits per heavy atom. The molecule has 0 radical (unpaired) electrons. The maximum Gasteiger partial charge on any atom is 0.338 e. The van der Waals surface area contributed by atoms with Gasteiger partial charge in [-0.3, -0.25) is 9.59 Å². The number of piperidine rings is 1. The van der Waals surface area contributed by atoms with Crippen molar-refractivity contribution in [3.63, 3.8) is 0 Å². The maximum absolute atomic E-state index is 12.0. The molecule has 1 saturated heterocycles. The van der Waals surface area contributed by atoms with E-state index in [1.165, 1.54) is 12.1 Å². The molecule has 0 aromatic heterocycles. The third-order valence-electron chi connectivity index (χ3n) is 3.66. The average Bonchev–Trinajstić information content (AvgIpc) is 2.53. The van der Waals surface area contributed by atoms with Crippen molar-refractivity contribution in [2.45, 2.75) is 12.8 Å². The Bertz CT molecular complexity index is 565. The minimum absolute atomic E-state index is 0.180. The van der Waals surface area contributed by atoms with Gasteiger partial charge in [0.05, 0.1) is 5.56 Å². The van der Waals surface area contributed by atoms with E-state index in [4.69, 9.17) is 22.1 Å². The van der Waals surface area contributed by atoms with Crippen LogP contribution in [0.1, 0.15) is 23.2 Å². The van der Waals surface area contributed by atoms with Crippen LogP contribution in [0.5, 0.6) is 0 Å². The molecule has 2 rings (SSSR count). The van der Waals surface area contributed by atoms with Crippen LogP contribution in [-0.2, 0) is 14.3 Å². The molecular formula is C15H17ClN2O4. The molecule has 1 aromatic carbocycles. The van der Waals surface area contributed by atoms with Crippen LogP contribution in [0.15, 0.2) is 24.3 Å². The molecule has 2 amide bonds. The lowest BCUT2D eigenvalue weighted by atomic mass is 9.96. The zero-order valence-corrected chi connectivity index (χ0v) is 12.7. The van der Waals surface area contributed by atoms with Gasteiger partial charge in [0, 0.05) is 24.0 Å². The lowest BCUT2D eigenvalue weighted by Crippen LogP contribution is -2.43. The van der Waals surface area contributed by atoms with E-state index in [0.717, 1.165) is 0 Å². The number of rotatable bonds is 4. The predicted octanol–water partition coefficient (Wildman–Crippen LogP) is 1.22. The number of amides is 2. The highest BCUT2D eigenvalue weighted by Crippen LogP contribution is 2.17. The summed E-state index contributed by atoms with van der Waals surface area (Å²) in [6.45, 7) is 0.582. The van der Waals surface area contributed by atoms with Crippen molar-refractivity contribution in [1.82, 2.24) is 4.90 Å². The molecule has 22 heavy (non-hydrogen) atoms. The van der Waals surface area contributed by atoms with E-state index in [-0.39, 0.29) is 24.3 Å². The van der Waals surface area contributed by atoms with E-state index in [1.807, 2.05) is 0 Å². The largest absolute Gasteiger partial charge is 0.452 e. The van der Waals surface area contributed by atoms with Crippen LogP contribution in [0.4, 0.5) is 0 Å².